The number of benzene rings is 1. The summed E-state index contributed by atoms with van der Waals surface area (Å²) in [7, 11) is 0. The summed E-state index contributed by atoms with van der Waals surface area (Å²) < 4.78 is 13.6. The normalized spacial score (nSPS) is 11.3. The number of anilines is 1. The molecule has 0 fully saturated rings. The van der Waals surface area contributed by atoms with Gasteiger partial charge in [0.2, 0.25) is 0 Å². The summed E-state index contributed by atoms with van der Waals surface area (Å²) in [6, 6.07) is 5.14. The van der Waals surface area contributed by atoms with Crippen molar-refractivity contribution in [2.24, 2.45) is 0 Å². The molecule has 0 aliphatic carbocycles. The summed E-state index contributed by atoms with van der Waals surface area (Å²) >= 11 is 0. The van der Waals surface area contributed by atoms with E-state index in [9.17, 15) is 4.39 Å². The number of hydrogen-bond acceptors (Lipinski definition) is 2. The zero-order valence-electron chi connectivity index (χ0n) is 9.71. The molecule has 0 bridgehead atoms. The number of pyridine rings is 1. The summed E-state index contributed by atoms with van der Waals surface area (Å²) in [4.78, 5) is 4.16. The molecule has 2 nitrogen and oxygen atoms in total. The van der Waals surface area contributed by atoms with Gasteiger partial charge in [-0.3, -0.25) is 0 Å². The quantitative estimate of drug-likeness (QED) is 0.796. The summed E-state index contributed by atoms with van der Waals surface area (Å²) in [5, 5.41) is 0.845. The monoisotopic (exact) mass is 218 g/mol. The van der Waals surface area contributed by atoms with Gasteiger partial charge in [0, 0.05) is 5.39 Å². The minimum atomic E-state index is -0.317. The molecule has 16 heavy (non-hydrogen) atoms. The van der Waals surface area contributed by atoms with E-state index in [-0.39, 0.29) is 5.82 Å². The number of hydrogen-bond donors (Lipinski definition) is 1. The predicted molar refractivity (Wildman–Crippen MR) is 64.9 cm³/mol. The van der Waals surface area contributed by atoms with Crippen LogP contribution in [-0.2, 0) is 0 Å². The van der Waals surface area contributed by atoms with Crippen LogP contribution in [0.2, 0.25) is 0 Å². The molecule has 2 N–H and O–H groups in total. The number of nitrogen functional groups attached to an aromatic ring is 1. The van der Waals surface area contributed by atoms with Gasteiger partial charge >= 0.3 is 0 Å². The van der Waals surface area contributed by atoms with Gasteiger partial charge in [0.25, 0.3) is 0 Å². The van der Waals surface area contributed by atoms with Gasteiger partial charge in [-0.2, -0.15) is 0 Å². The molecule has 0 radical (unpaired) electrons. The van der Waals surface area contributed by atoms with E-state index >= 15 is 0 Å². The van der Waals surface area contributed by atoms with Gasteiger partial charge in [-0.05, 0) is 36.1 Å². The van der Waals surface area contributed by atoms with E-state index in [1.54, 1.807) is 6.07 Å². The van der Waals surface area contributed by atoms with Crippen molar-refractivity contribution in [2.75, 3.05) is 5.73 Å². The first kappa shape index (κ1) is 10.9. The Morgan fingerprint density at radius 3 is 2.62 bits per heavy atom. The minimum absolute atomic E-state index is 0.291. The average molecular weight is 218 g/mol. The van der Waals surface area contributed by atoms with Crippen LogP contribution < -0.4 is 5.73 Å². The van der Waals surface area contributed by atoms with Crippen molar-refractivity contribution >= 4 is 16.7 Å². The molecular weight excluding hydrogens is 203 g/mol. The van der Waals surface area contributed by atoms with E-state index in [1.165, 1.54) is 6.07 Å². The molecule has 3 heteroatoms. The molecule has 1 aromatic heterocycles. The van der Waals surface area contributed by atoms with Gasteiger partial charge in [-0.15, -0.1) is 0 Å². The van der Waals surface area contributed by atoms with Crippen LogP contribution in [0.15, 0.2) is 18.2 Å². The zero-order chi connectivity index (χ0) is 11.9. The van der Waals surface area contributed by atoms with E-state index in [4.69, 9.17) is 5.73 Å². The number of nitrogens with two attached hydrogens (primary N) is 1. The molecule has 2 rings (SSSR count). The highest BCUT2D eigenvalue weighted by Crippen LogP contribution is 2.27. The van der Waals surface area contributed by atoms with Crippen LogP contribution in [0.3, 0.4) is 0 Å². The van der Waals surface area contributed by atoms with E-state index in [1.807, 2.05) is 26.8 Å². The van der Waals surface area contributed by atoms with Crippen molar-refractivity contribution in [1.82, 2.24) is 4.98 Å². The molecule has 0 aliphatic heterocycles. The second-order valence-corrected chi connectivity index (χ2v) is 4.38. The minimum Gasteiger partial charge on any atom is -0.383 e. The number of aromatic nitrogens is 1. The van der Waals surface area contributed by atoms with Crippen LogP contribution in [0.25, 0.3) is 10.9 Å². The fourth-order valence-corrected chi connectivity index (χ4v) is 1.85. The van der Waals surface area contributed by atoms with Crippen LogP contribution in [0.5, 0.6) is 0 Å². The Morgan fingerprint density at radius 2 is 2.00 bits per heavy atom. The van der Waals surface area contributed by atoms with E-state index < -0.39 is 0 Å². The van der Waals surface area contributed by atoms with Crippen molar-refractivity contribution in [1.29, 1.82) is 0 Å². The van der Waals surface area contributed by atoms with Crippen molar-refractivity contribution in [2.45, 2.75) is 26.7 Å². The molecule has 0 saturated carbocycles. The first-order valence-electron chi connectivity index (χ1n) is 5.36. The molecule has 0 aliphatic rings. The molecule has 0 amide bonds. The Kier molecular flexibility index (Phi) is 2.54. The Balaban J connectivity index is 2.84. The predicted octanol–water partition coefficient (Wildman–Crippen LogP) is 3.39. The Labute approximate surface area is 94.3 Å². The lowest BCUT2D eigenvalue weighted by Gasteiger charge is -2.11. The van der Waals surface area contributed by atoms with Gasteiger partial charge in [0.05, 0.1) is 0 Å². The Morgan fingerprint density at radius 1 is 1.31 bits per heavy atom. The highest BCUT2D eigenvalue weighted by Gasteiger charge is 2.11. The smallest absolute Gasteiger partial charge is 0.149 e. The largest absolute Gasteiger partial charge is 0.383 e. The lowest BCUT2D eigenvalue weighted by molar-refractivity contribution is 0.636. The number of nitrogens with zero attached hydrogens (tertiary/aromatic N) is 1. The highest BCUT2D eigenvalue weighted by molar-refractivity contribution is 5.85. The second-order valence-electron chi connectivity index (χ2n) is 4.38. The van der Waals surface area contributed by atoms with Crippen molar-refractivity contribution in [3.63, 3.8) is 0 Å². The molecule has 2 aromatic rings. The summed E-state index contributed by atoms with van der Waals surface area (Å²) in [5.74, 6) is 0.397. The van der Waals surface area contributed by atoms with Crippen molar-refractivity contribution in [3.8, 4) is 0 Å². The van der Waals surface area contributed by atoms with Gasteiger partial charge in [0.1, 0.15) is 17.2 Å². The van der Waals surface area contributed by atoms with Crippen LogP contribution in [0.1, 0.15) is 30.9 Å². The van der Waals surface area contributed by atoms with Crippen LogP contribution >= 0.6 is 0 Å². The maximum Gasteiger partial charge on any atom is 0.149 e. The molecule has 0 atom stereocenters. The SMILES string of the molecule is Cc1ccc(F)c2nc(N)c(C(C)C)cc12. The number of aryl methyl sites for hydroxylation is 1. The topological polar surface area (TPSA) is 38.9 Å². The third-order valence-electron chi connectivity index (χ3n) is 2.84. The summed E-state index contributed by atoms with van der Waals surface area (Å²) in [6.07, 6.45) is 0. The lowest BCUT2D eigenvalue weighted by Crippen LogP contribution is -2.01. The lowest BCUT2D eigenvalue weighted by atomic mass is 10.00. The van der Waals surface area contributed by atoms with Gasteiger partial charge in [-0.25, -0.2) is 9.37 Å². The van der Waals surface area contributed by atoms with E-state index in [0.717, 1.165) is 16.5 Å². The molecule has 0 unspecified atom stereocenters. The van der Waals surface area contributed by atoms with Crippen molar-refractivity contribution < 1.29 is 4.39 Å². The third-order valence-corrected chi connectivity index (χ3v) is 2.84. The molecule has 1 aromatic carbocycles. The van der Waals surface area contributed by atoms with Gasteiger partial charge in [-0.1, -0.05) is 19.9 Å². The highest BCUT2D eigenvalue weighted by atomic mass is 19.1. The standard InChI is InChI=1S/C13H15FN2/c1-7(2)9-6-10-8(3)4-5-11(14)12(10)16-13(9)15/h4-7H,1-3H3,(H2,15,16). The first-order valence-corrected chi connectivity index (χ1v) is 5.36. The molecule has 1 heterocycles. The molecule has 84 valence electrons. The first-order chi connectivity index (χ1) is 7.50. The number of fused-ring (bicyclic) bond motifs is 1. The number of halogens is 1. The average Bonchev–Trinajstić information content (AvgIpc) is 2.23. The third kappa shape index (κ3) is 1.62. The van der Waals surface area contributed by atoms with E-state index in [2.05, 4.69) is 4.98 Å². The molecule has 0 saturated heterocycles. The van der Waals surface area contributed by atoms with Crippen LogP contribution in [0.4, 0.5) is 10.2 Å². The van der Waals surface area contributed by atoms with Crippen LogP contribution in [-0.4, -0.2) is 4.98 Å². The maximum absolute atomic E-state index is 13.6. The Hall–Kier alpha value is -1.64. The fraction of sp³-hybridized carbons (Fsp3) is 0.308. The molecular formula is C13H15FN2. The van der Waals surface area contributed by atoms with Crippen molar-refractivity contribution in [3.05, 3.63) is 35.1 Å². The van der Waals surface area contributed by atoms with Crippen LogP contribution in [0, 0.1) is 12.7 Å². The Bertz CT molecular complexity index is 547. The second kappa shape index (κ2) is 3.74. The van der Waals surface area contributed by atoms with Gasteiger partial charge in [0.15, 0.2) is 0 Å². The van der Waals surface area contributed by atoms with E-state index in [0.29, 0.717) is 17.3 Å². The number of rotatable bonds is 1. The molecule has 0 spiro atoms. The maximum atomic E-state index is 13.6. The zero-order valence-corrected chi connectivity index (χ0v) is 9.71. The van der Waals surface area contributed by atoms with Gasteiger partial charge < -0.3 is 5.73 Å². The fourth-order valence-electron chi connectivity index (χ4n) is 1.85. The summed E-state index contributed by atoms with van der Waals surface area (Å²) in [6.45, 7) is 6.05. The summed E-state index contributed by atoms with van der Waals surface area (Å²) in [5.41, 5.74) is 8.18.